The predicted molar refractivity (Wildman–Crippen MR) is 267 cm³/mol. The van der Waals surface area contributed by atoms with Crippen LogP contribution in [0.1, 0.15) is 6.85 Å². The van der Waals surface area contributed by atoms with Gasteiger partial charge in [-0.05, 0) is 59.2 Å². The highest BCUT2D eigenvalue weighted by Gasteiger charge is 2.21. The zero-order valence-corrected chi connectivity index (χ0v) is 35.0. The van der Waals surface area contributed by atoms with Crippen LogP contribution < -0.4 is 0 Å². The predicted octanol–water partition coefficient (Wildman–Crippen LogP) is 16.0. The van der Waals surface area contributed by atoms with Gasteiger partial charge in [0, 0.05) is 79.1 Å². The summed E-state index contributed by atoms with van der Waals surface area (Å²) in [5, 5.41) is 6.79. The van der Waals surface area contributed by atoms with E-state index >= 15 is 0 Å². The van der Waals surface area contributed by atoms with E-state index in [1.165, 1.54) is 42.1 Å². The van der Waals surface area contributed by atoms with E-state index in [2.05, 4.69) is 138 Å². The minimum absolute atomic E-state index is 0.00646. The van der Waals surface area contributed by atoms with Crippen molar-refractivity contribution in [2.75, 3.05) is 0 Å². The second-order valence-corrected chi connectivity index (χ2v) is 17.7. The number of benzene rings is 9. The van der Waals surface area contributed by atoms with E-state index in [1.807, 2.05) is 53.8 Å². The first-order valence-corrected chi connectivity index (χ1v) is 22.3. The third-order valence-corrected chi connectivity index (χ3v) is 14.4. The Bertz CT molecular complexity index is 4140. The van der Waals surface area contributed by atoms with Gasteiger partial charge in [-0.25, -0.2) is 15.0 Å². The molecular formula is C57H34N4S2. The topological polar surface area (TPSA) is 43.6 Å². The lowest BCUT2D eigenvalue weighted by Gasteiger charge is -2.13. The van der Waals surface area contributed by atoms with Gasteiger partial charge in [0.1, 0.15) is 0 Å². The number of hydrogen-bond acceptors (Lipinski definition) is 5. The van der Waals surface area contributed by atoms with Crippen LogP contribution in [0.5, 0.6) is 0 Å². The first-order valence-electron chi connectivity index (χ1n) is 23.2. The zero-order valence-electron chi connectivity index (χ0n) is 38.3. The summed E-state index contributed by atoms with van der Waals surface area (Å²) in [7, 11) is 0. The summed E-state index contributed by atoms with van der Waals surface area (Å²) >= 11 is 3.52. The van der Waals surface area contributed by atoms with Crippen molar-refractivity contribution in [2.45, 2.75) is 0 Å². The molecule has 9 aromatic carbocycles. The van der Waals surface area contributed by atoms with Gasteiger partial charge < -0.3 is 4.57 Å². The number of rotatable bonds is 6. The highest BCUT2D eigenvalue weighted by molar-refractivity contribution is 7.27. The second-order valence-electron chi connectivity index (χ2n) is 15.6. The average Bonchev–Trinajstić information content (AvgIpc) is 4.07. The fourth-order valence-corrected chi connectivity index (χ4v) is 11.6. The number of nitrogens with zero attached hydrogens (tertiary/aromatic N) is 4. The van der Waals surface area contributed by atoms with Crippen LogP contribution in [0.2, 0.25) is 0 Å². The maximum Gasteiger partial charge on any atom is 0.164 e. The first kappa shape index (κ1) is 31.1. The Hall–Kier alpha value is -7.77. The van der Waals surface area contributed by atoms with Crippen molar-refractivity contribution in [3.63, 3.8) is 0 Å². The van der Waals surface area contributed by atoms with E-state index in [1.54, 1.807) is 11.3 Å². The molecule has 4 heterocycles. The summed E-state index contributed by atoms with van der Waals surface area (Å²) in [6, 6.07) is 59.4. The highest BCUT2D eigenvalue weighted by atomic mass is 32.1. The van der Waals surface area contributed by atoms with Gasteiger partial charge in [0.15, 0.2) is 17.5 Å². The number of aromatic nitrogens is 4. The van der Waals surface area contributed by atoms with Gasteiger partial charge in [-0.3, -0.25) is 0 Å². The molecule has 0 amide bonds. The molecule has 63 heavy (non-hydrogen) atoms. The van der Waals surface area contributed by atoms with Crippen LogP contribution in [0.3, 0.4) is 0 Å². The summed E-state index contributed by atoms with van der Waals surface area (Å²) in [5.41, 5.74) is 9.30. The average molecular weight is 844 g/mol. The molecule has 0 aliphatic carbocycles. The Morgan fingerprint density at radius 3 is 1.76 bits per heavy atom. The van der Waals surface area contributed by atoms with Crippen molar-refractivity contribution in [1.82, 2.24) is 19.5 Å². The fourth-order valence-electron chi connectivity index (χ4n) is 9.14. The quantitative estimate of drug-likeness (QED) is 0.167. The van der Waals surface area contributed by atoms with Gasteiger partial charge in [0.25, 0.3) is 0 Å². The molecule has 13 aromatic rings. The van der Waals surface area contributed by atoms with Crippen LogP contribution in [-0.4, -0.2) is 19.5 Å². The number of thiophene rings is 2. The highest BCUT2D eigenvalue weighted by Crippen LogP contribution is 2.48. The molecule has 0 saturated heterocycles. The maximum atomic E-state index is 8.86. The molecule has 4 aromatic heterocycles. The molecule has 0 radical (unpaired) electrons. The third-order valence-electron chi connectivity index (χ3n) is 11.9. The SMILES string of the molecule is [2H]c1c([2H])c([2H])c(-c2nc(-c3ccccc3)nc(-c3cccc4sc5ccc(-c6cc(-n7c8ccccc8c8ccccc87)cc7c6sc6c(-c8ccccc8)cccc67)cc5c34)n2)c([2H])c1[2H]. The van der Waals surface area contributed by atoms with Crippen molar-refractivity contribution < 1.29 is 6.85 Å². The molecule has 0 saturated carbocycles. The van der Waals surface area contributed by atoms with Crippen molar-refractivity contribution in [3.05, 3.63) is 206 Å². The molecule has 0 atom stereocenters. The van der Waals surface area contributed by atoms with Crippen LogP contribution >= 0.6 is 22.7 Å². The van der Waals surface area contributed by atoms with E-state index in [9.17, 15) is 0 Å². The van der Waals surface area contributed by atoms with Crippen LogP contribution in [0.4, 0.5) is 0 Å². The van der Waals surface area contributed by atoms with E-state index in [0.717, 1.165) is 53.6 Å². The molecule has 6 heteroatoms. The van der Waals surface area contributed by atoms with Gasteiger partial charge >= 0.3 is 0 Å². The summed E-state index contributed by atoms with van der Waals surface area (Å²) < 4.78 is 49.9. The Balaban J connectivity index is 1.08. The number of fused-ring (bicyclic) bond motifs is 9. The van der Waals surface area contributed by atoms with Crippen molar-refractivity contribution in [3.8, 4) is 62.1 Å². The standard InChI is InChI=1S/C57H34N4S2/c1-4-16-35(17-5-1)40-24-14-25-43-46-34-39(61-48-27-12-10-22-41(48)42-23-11-13-28-49(42)61)33-45(54(46)63-53(40)43)38-30-31-50-47(32-38)52-44(26-15-29-51(52)62-50)57-59-55(36-18-6-2-7-19-36)58-56(60-57)37-20-8-3-9-21-37/h1-34H/i2D,6D,7D,18D,19D. The Kier molecular flexibility index (Phi) is 7.13. The van der Waals surface area contributed by atoms with Crippen molar-refractivity contribution >= 4 is 84.8 Å². The lowest BCUT2D eigenvalue weighted by atomic mass is 9.97. The Morgan fingerprint density at radius 1 is 0.381 bits per heavy atom. The molecular weight excluding hydrogens is 805 g/mol. The normalized spacial score (nSPS) is 12.9. The minimum atomic E-state index is -0.475. The van der Waals surface area contributed by atoms with Crippen LogP contribution in [0.25, 0.3) is 124 Å². The van der Waals surface area contributed by atoms with E-state index in [4.69, 9.17) is 21.8 Å². The lowest BCUT2D eigenvalue weighted by Crippen LogP contribution is -2.00. The third kappa shape index (κ3) is 5.83. The van der Waals surface area contributed by atoms with Crippen LogP contribution in [-0.2, 0) is 0 Å². The van der Waals surface area contributed by atoms with Crippen molar-refractivity contribution in [1.29, 1.82) is 0 Å². The number of hydrogen-bond donors (Lipinski definition) is 0. The van der Waals surface area contributed by atoms with Gasteiger partial charge in [-0.2, -0.15) is 0 Å². The van der Waals surface area contributed by atoms with Gasteiger partial charge in [0.2, 0.25) is 0 Å². The molecule has 0 bridgehead atoms. The molecule has 0 unspecified atom stereocenters. The summed E-state index contributed by atoms with van der Waals surface area (Å²) in [6.07, 6.45) is 0. The molecule has 4 nitrogen and oxygen atoms in total. The molecule has 0 fully saturated rings. The van der Waals surface area contributed by atoms with E-state index in [-0.39, 0.29) is 23.5 Å². The number of para-hydroxylation sites is 2. The first-order chi connectivity index (χ1) is 33.3. The minimum Gasteiger partial charge on any atom is -0.309 e. The fraction of sp³-hybridized carbons (Fsp3) is 0. The molecule has 0 N–H and O–H groups in total. The smallest absolute Gasteiger partial charge is 0.164 e. The lowest BCUT2D eigenvalue weighted by molar-refractivity contribution is 1.08. The molecule has 0 aliphatic rings. The van der Waals surface area contributed by atoms with E-state index in [0.29, 0.717) is 17.2 Å². The van der Waals surface area contributed by atoms with Gasteiger partial charge in [0.05, 0.1) is 17.9 Å². The van der Waals surface area contributed by atoms with Crippen LogP contribution in [0.15, 0.2) is 206 Å². The van der Waals surface area contributed by atoms with Crippen LogP contribution in [0, 0.1) is 0 Å². The second kappa shape index (κ2) is 14.4. The summed E-state index contributed by atoms with van der Waals surface area (Å²) in [6.45, 7) is 0. The Morgan fingerprint density at radius 2 is 1.00 bits per heavy atom. The maximum absolute atomic E-state index is 8.86. The Labute approximate surface area is 377 Å². The molecule has 294 valence electrons. The molecule has 0 aliphatic heterocycles. The van der Waals surface area contributed by atoms with E-state index < -0.39 is 18.1 Å². The largest absolute Gasteiger partial charge is 0.309 e. The molecule has 0 spiro atoms. The molecule has 13 rings (SSSR count). The van der Waals surface area contributed by atoms with Gasteiger partial charge in [-0.1, -0.05) is 164 Å². The monoisotopic (exact) mass is 843 g/mol. The zero-order chi connectivity index (χ0) is 45.8. The van der Waals surface area contributed by atoms with Gasteiger partial charge in [-0.15, -0.1) is 22.7 Å². The summed E-state index contributed by atoms with van der Waals surface area (Å²) in [4.78, 5) is 14.8. The van der Waals surface area contributed by atoms with Crippen molar-refractivity contribution in [2.24, 2.45) is 0 Å². The summed E-state index contributed by atoms with van der Waals surface area (Å²) in [5.74, 6) is 0.676.